The van der Waals surface area contributed by atoms with Crippen molar-refractivity contribution in [3.05, 3.63) is 157 Å². The van der Waals surface area contributed by atoms with Gasteiger partial charge < -0.3 is 0 Å². The fourth-order valence-corrected chi connectivity index (χ4v) is 11.1. The van der Waals surface area contributed by atoms with Crippen LogP contribution in [0.3, 0.4) is 0 Å². The van der Waals surface area contributed by atoms with Gasteiger partial charge in [-0.2, -0.15) is 18.2 Å². The van der Waals surface area contributed by atoms with Crippen molar-refractivity contribution >= 4 is 69.8 Å². The second-order valence-corrected chi connectivity index (χ2v) is 16.1. The summed E-state index contributed by atoms with van der Waals surface area (Å²) in [7, 11) is -1.57. The Morgan fingerprint density at radius 2 is 0.951 bits per heavy atom. The zero-order valence-corrected chi connectivity index (χ0v) is 28.3. The molecule has 0 fully saturated rings. The number of rotatable bonds is 8. The second kappa shape index (κ2) is 19.8. The van der Waals surface area contributed by atoms with Crippen LogP contribution in [0.1, 0.15) is 6.92 Å². The van der Waals surface area contributed by atoms with Gasteiger partial charge in [-0.15, -0.1) is 0 Å². The summed E-state index contributed by atoms with van der Waals surface area (Å²) in [5, 5.41) is 6.06. The normalized spacial score (nSPS) is 10.0. The quantitative estimate of drug-likeness (QED) is 0.0555. The van der Waals surface area contributed by atoms with Crippen molar-refractivity contribution in [1.29, 1.82) is 0 Å². The first-order valence-corrected chi connectivity index (χ1v) is 19.1. The van der Waals surface area contributed by atoms with E-state index in [1.54, 1.807) is 11.8 Å². The SMILES string of the molecule is CSC(=S)C(C)=[C]=[Fe+].c1cc[cH-]c1.c1ccc([PH+](CC[PH+](c2ccccc2)c2ccccc2)c2ccccc2)cc1. The Labute approximate surface area is 266 Å². The molecule has 0 N–H and O–H groups in total. The molecule has 0 radical (unpaired) electrons. The van der Waals surface area contributed by atoms with Crippen LogP contribution in [0.15, 0.2) is 157 Å². The van der Waals surface area contributed by atoms with Gasteiger partial charge in [0.1, 0.15) is 12.3 Å². The van der Waals surface area contributed by atoms with Crippen molar-refractivity contribution in [2.45, 2.75) is 6.92 Å². The summed E-state index contributed by atoms with van der Waals surface area (Å²) in [5.74, 6) is 0. The van der Waals surface area contributed by atoms with E-state index in [1.807, 2.05) is 43.5 Å². The molecule has 0 aliphatic carbocycles. The monoisotopic (exact) mass is 651 g/mol. The van der Waals surface area contributed by atoms with Crippen LogP contribution in [-0.4, -0.2) is 27.4 Å². The van der Waals surface area contributed by atoms with Gasteiger partial charge in [0.15, 0.2) is 0 Å². The van der Waals surface area contributed by atoms with Gasteiger partial charge in [-0.3, -0.25) is 0 Å². The number of hydrogen-bond donors (Lipinski definition) is 0. The van der Waals surface area contributed by atoms with E-state index in [1.165, 1.54) is 33.5 Å². The molecule has 41 heavy (non-hydrogen) atoms. The number of benzene rings is 4. The fourth-order valence-electron chi connectivity index (χ4n) is 4.23. The molecule has 5 aromatic rings. The molecule has 5 heteroatoms. The van der Waals surface area contributed by atoms with Gasteiger partial charge >= 0.3 is 67.1 Å². The van der Waals surface area contributed by atoms with E-state index in [9.17, 15) is 0 Å². The van der Waals surface area contributed by atoms with Crippen LogP contribution in [0.5, 0.6) is 0 Å². The van der Waals surface area contributed by atoms with E-state index in [0.717, 1.165) is 9.77 Å². The van der Waals surface area contributed by atoms with Crippen LogP contribution in [-0.2, 0) is 15.6 Å². The molecule has 209 valence electrons. The molecular weight excluding hydrogens is 614 g/mol. The van der Waals surface area contributed by atoms with Gasteiger partial charge in [-0.05, 0) is 48.5 Å². The molecule has 0 amide bonds. The maximum Gasteiger partial charge on any atom is 0.101 e. The summed E-state index contributed by atoms with van der Waals surface area (Å²) in [6.07, 6.45) is 4.47. The maximum atomic E-state index is 4.90. The first kappa shape index (κ1) is 33.2. The average Bonchev–Trinajstić information content (AvgIpc) is 3.65. The molecule has 0 atom stereocenters. The summed E-state index contributed by atoms with van der Waals surface area (Å²) in [4.78, 5) is 0. The standard InChI is InChI=1S/C26H24P2.C5H6S2.C5H5.Fe/c1-5-13-23(14-6-1)27(24-15-7-2-8-16-24)21-22-28(25-17-9-3-10-18-25)26-19-11-4-12-20-26;1-4(2)5(6)7-3;1-2-4-5-3-1;/h1-20H,21-22H2;1,3H3;1-5H;/q;;-1;+1/p+2. The van der Waals surface area contributed by atoms with Gasteiger partial charge in [0, 0.05) is 0 Å². The molecule has 0 aromatic heterocycles. The molecule has 0 aliphatic heterocycles. The molecule has 0 saturated heterocycles. The summed E-state index contributed by atoms with van der Waals surface area (Å²) in [6, 6.07) is 54.5. The van der Waals surface area contributed by atoms with Crippen molar-refractivity contribution in [1.82, 2.24) is 0 Å². The topological polar surface area (TPSA) is 0 Å². The van der Waals surface area contributed by atoms with Crippen LogP contribution >= 0.6 is 39.8 Å². The molecule has 5 aromatic carbocycles. The van der Waals surface area contributed by atoms with E-state index in [-0.39, 0.29) is 0 Å². The Bertz CT molecular complexity index is 1260. The third kappa shape index (κ3) is 11.8. The van der Waals surface area contributed by atoms with E-state index >= 15 is 0 Å². The number of thiocarbonyl (C=S) groups is 1. The molecule has 0 bridgehead atoms. The van der Waals surface area contributed by atoms with E-state index in [2.05, 4.69) is 141 Å². The van der Waals surface area contributed by atoms with Crippen LogP contribution in [0.25, 0.3) is 0 Å². The average molecular weight is 652 g/mol. The van der Waals surface area contributed by atoms with Gasteiger partial charge in [0.05, 0.1) is 37.1 Å². The molecular formula is C36H37FeP2S2+2. The van der Waals surface area contributed by atoms with Gasteiger partial charge in [0.25, 0.3) is 0 Å². The molecule has 0 aliphatic rings. The Balaban J connectivity index is 0.000000294. The molecule has 5 rings (SSSR count). The first-order valence-electron chi connectivity index (χ1n) is 13.5. The van der Waals surface area contributed by atoms with Crippen molar-refractivity contribution < 1.29 is 15.6 Å². The Morgan fingerprint density at radius 3 is 1.15 bits per heavy atom. The summed E-state index contributed by atoms with van der Waals surface area (Å²) >= 11 is 9.92. The zero-order chi connectivity index (χ0) is 29.1. The molecule has 0 heterocycles. The summed E-state index contributed by atoms with van der Waals surface area (Å²) < 4.78 is 3.60. The van der Waals surface area contributed by atoms with Crippen LogP contribution < -0.4 is 21.2 Å². The van der Waals surface area contributed by atoms with E-state index < -0.39 is 15.8 Å². The predicted molar refractivity (Wildman–Crippen MR) is 193 cm³/mol. The second-order valence-electron chi connectivity index (χ2n) is 9.09. The van der Waals surface area contributed by atoms with Crippen molar-refractivity contribution in [2.75, 3.05) is 18.6 Å². The third-order valence-electron chi connectivity index (χ3n) is 6.29. The Kier molecular flexibility index (Phi) is 16.0. The summed E-state index contributed by atoms with van der Waals surface area (Å²) in [6.45, 7) is 1.91. The van der Waals surface area contributed by atoms with Gasteiger partial charge in [-0.1, -0.05) is 72.8 Å². The minimum absolute atomic E-state index is 0.783. The Hall–Kier alpha value is -2.30. The minimum atomic E-state index is -0.783. The van der Waals surface area contributed by atoms with Crippen LogP contribution in [0.4, 0.5) is 0 Å². The van der Waals surface area contributed by atoms with Crippen molar-refractivity contribution in [3.63, 3.8) is 0 Å². The van der Waals surface area contributed by atoms with E-state index in [4.69, 9.17) is 12.2 Å². The molecule has 0 unspecified atom stereocenters. The fraction of sp³-hybridized carbons (Fsp3) is 0.111. The molecule has 0 saturated carbocycles. The minimum Gasteiger partial charge on any atom is -0.214 e. The number of thioether (sulfide) groups is 1. The van der Waals surface area contributed by atoms with Crippen LogP contribution in [0, 0.1) is 0 Å². The first-order chi connectivity index (χ1) is 20.1. The molecule has 0 nitrogen and oxygen atoms in total. The Morgan fingerprint density at radius 1 is 0.634 bits per heavy atom. The third-order valence-corrected chi connectivity index (χ3v) is 14.3. The maximum absolute atomic E-state index is 4.90. The van der Waals surface area contributed by atoms with E-state index in [0.29, 0.717) is 0 Å². The largest absolute Gasteiger partial charge is 0.214 e. The smallest absolute Gasteiger partial charge is 0.101 e. The van der Waals surface area contributed by atoms with Crippen molar-refractivity contribution in [2.24, 2.45) is 0 Å². The predicted octanol–water partition coefficient (Wildman–Crippen LogP) is 7.69. The van der Waals surface area contributed by atoms with Crippen LogP contribution in [0.2, 0.25) is 0 Å². The molecule has 0 spiro atoms. The van der Waals surface area contributed by atoms with Gasteiger partial charge in [0.2, 0.25) is 0 Å². The summed E-state index contributed by atoms with van der Waals surface area (Å²) in [5.41, 5.74) is 0.965. The van der Waals surface area contributed by atoms with Gasteiger partial charge in [-0.25, -0.2) is 12.1 Å². The van der Waals surface area contributed by atoms with Crippen molar-refractivity contribution in [3.8, 4) is 0 Å². The zero-order valence-electron chi connectivity index (χ0n) is 23.5. The number of hydrogen-bond acceptors (Lipinski definition) is 2.